The molecule has 116 valence electrons. The molecule has 1 amide bonds. The maximum Gasteiger partial charge on any atom is 0.258 e. The Balaban J connectivity index is 1.69. The number of carbonyl (C=O) groups is 1. The second-order valence-electron chi connectivity index (χ2n) is 5.24. The fourth-order valence-corrected chi connectivity index (χ4v) is 2.37. The van der Waals surface area contributed by atoms with Crippen LogP contribution in [0.5, 0.6) is 0 Å². The lowest BCUT2D eigenvalue weighted by Crippen LogP contribution is -2.31. The quantitative estimate of drug-likeness (QED) is 0.805. The van der Waals surface area contributed by atoms with Crippen LogP contribution in [-0.4, -0.2) is 10.5 Å². The Bertz CT molecular complexity index is 901. The molecule has 5 heteroatoms. The first-order valence-corrected chi connectivity index (χ1v) is 7.23. The molecule has 4 nitrogen and oxygen atoms in total. The van der Waals surface area contributed by atoms with Gasteiger partial charge in [0.1, 0.15) is 12.4 Å². The maximum absolute atomic E-state index is 12.8. The molecule has 1 aromatic heterocycles. The van der Waals surface area contributed by atoms with E-state index in [1.165, 1.54) is 16.7 Å². The van der Waals surface area contributed by atoms with E-state index in [2.05, 4.69) is 5.32 Å². The van der Waals surface area contributed by atoms with Gasteiger partial charge in [0.2, 0.25) is 5.91 Å². The van der Waals surface area contributed by atoms with Crippen LogP contribution < -0.4 is 10.9 Å². The third-order valence-corrected chi connectivity index (χ3v) is 3.60. The van der Waals surface area contributed by atoms with Gasteiger partial charge in [-0.15, -0.1) is 0 Å². The number of pyridine rings is 1. The summed E-state index contributed by atoms with van der Waals surface area (Å²) >= 11 is 0. The van der Waals surface area contributed by atoms with Crippen LogP contribution >= 0.6 is 0 Å². The largest absolute Gasteiger partial charge is 0.350 e. The van der Waals surface area contributed by atoms with E-state index in [0.29, 0.717) is 11.9 Å². The first kappa shape index (κ1) is 15.0. The Morgan fingerprint density at radius 2 is 1.78 bits per heavy atom. The molecule has 3 rings (SSSR count). The number of rotatable bonds is 4. The summed E-state index contributed by atoms with van der Waals surface area (Å²) in [4.78, 5) is 24.3. The maximum atomic E-state index is 12.8. The Morgan fingerprint density at radius 1 is 1.04 bits per heavy atom. The van der Waals surface area contributed by atoms with Gasteiger partial charge in [0.05, 0.1) is 0 Å². The normalized spacial score (nSPS) is 10.7. The molecule has 1 heterocycles. The molecular formula is C18H15FN2O2. The highest BCUT2D eigenvalue weighted by atomic mass is 19.1. The van der Waals surface area contributed by atoms with Gasteiger partial charge in [-0.25, -0.2) is 4.39 Å². The van der Waals surface area contributed by atoms with E-state index < -0.39 is 0 Å². The minimum atomic E-state index is -0.317. The molecule has 0 unspecified atom stereocenters. The smallest absolute Gasteiger partial charge is 0.258 e. The van der Waals surface area contributed by atoms with Crippen LogP contribution in [0.25, 0.3) is 10.8 Å². The number of halogens is 1. The number of hydrogen-bond acceptors (Lipinski definition) is 2. The molecular weight excluding hydrogens is 295 g/mol. The lowest BCUT2D eigenvalue weighted by Gasteiger charge is -2.08. The molecule has 0 atom stereocenters. The molecule has 0 aliphatic rings. The molecule has 23 heavy (non-hydrogen) atoms. The minimum absolute atomic E-state index is 0.0507. The average Bonchev–Trinajstić information content (AvgIpc) is 2.57. The van der Waals surface area contributed by atoms with Gasteiger partial charge in [0.15, 0.2) is 0 Å². The van der Waals surface area contributed by atoms with Crippen molar-refractivity contribution in [3.05, 3.63) is 82.5 Å². The highest BCUT2D eigenvalue weighted by Crippen LogP contribution is 2.08. The molecule has 0 aliphatic carbocycles. The number of benzene rings is 2. The van der Waals surface area contributed by atoms with Gasteiger partial charge in [-0.1, -0.05) is 30.3 Å². The van der Waals surface area contributed by atoms with E-state index in [-0.39, 0.29) is 23.8 Å². The standard InChI is InChI=1S/C18H15FN2O2/c19-15-7-5-13(6-8-15)11-20-17(22)12-21-10-9-14-3-1-2-4-16(14)18(21)23/h1-10H,11-12H2,(H,20,22). The summed E-state index contributed by atoms with van der Waals surface area (Å²) in [6, 6.07) is 15.0. The molecule has 3 aromatic rings. The Hall–Kier alpha value is -2.95. The number of hydrogen-bond donors (Lipinski definition) is 1. The molecule has 0 spiro atoms. The highest BCUT2D eigenvalue weighted by Gasteiger charge is 2.07. The van der Waals surface area contributed by atoms with E-state index in [4.69, 9.17) is 0 Å². The lowest BCUT2D eigenvalue weighted by atomic mass is 10.2. The van der Waals surface area contributed by atoms with Gasteiger partial charge >= 0.3 is 0 Å². The summed E-state index contributed by atoms with van der Waals surface area (Å²) in [5.41, 5.74) is 0.602. The van der Waals surface area contributed by atoms with Crippen molar-refractivity contribution in [2.24, 2.45) is 0 Å². The number of carbonyl (C=O) groups excluding carboxylic acids is 1. The van der Waals surface area contributed by atoms with Crippen molar-refractivity contribution in [2.75, 3.05) is 0 Å². The topological polar surface area (TPSA) is 51.1 Å². The Morgan fingerprint density at radius 3 is 2.57 bits per heavy atom. The SMILES string of the molecule is O=C(Cn1ccc2ccccc2c1=O)NCc1ccc(F)cc1. The molecule has 0 saturated heterocycles. The molecule has 1 N–H and O–H groups in total. The monoisotopic (exact) mass is 310 g/mol. The lowest BCUT2D eigenvalue weighted by molar-refractivity contribution is -0.121. The van der Waals surface area contributed by atoms with Crippen LogP contribution in [0.15, 0.2) is 65.6 Å². The van der Waals surface area contributed by atoms with Gasteiger partial charge in [0, 0.05) is 18.1 Å². The van der Waals surface area contributed by atoms with Crippen molar-refractivity contribution in [1.82, 2.24) is 9.88 Å². The summed E-state index contributed by atoms with van der Waals surface area (Å²) in [6.07, 6.45) is 1.61. The van der Waals surface area contributed by atoms with E-state index in [1.807, 2.05) is 18.2 Å². The summed E-state index contributed by atoms with van der Waals surface area (Å²) in [6.45, 7) is 0.242. The minimum Gasteiger partial charge on any atom is -0.350 e. The van der Waals surface area contributed by atoms with Gasteiger partial charge in [-0.2, -0.15) is 0 Å². The average molecular weight is 310 g/mol. The molecule has 0 aliphatic heterocycles. The summed E-state index contributed by atoms with van der Waals surface area (Å²) in [7, 11) is 0. The molecule has 0 bridgehead atoms. The summed E-state index contributed by atoms with van der Waals surface area (Å²) in [5, 5.41) is 4.15. The third kappa shape index (κ3) is 3.45. The highest BCUT2D eigenvalue weighted by molar-refractivity contribution is 5.82. The number of aromatic nitrogens is 1. The van der Waals surface area contributed by atoms with Gasteiger partial charge in [-0.3, -0.25) is 9.59 Å². The van der Waals surface area contributed by atoms with Crippen LogP contribution in [-0.2, 0) is 17.9 Å². The number of nitrogens with one attached hydrogen (secondary N) is 1. The fourth-order valence-electron chi connectivity index (χ4n) is 2.37. The van der Waals surface area contributed by atoms with Crippen molar-refractivity contribution in [3.63, 3.8) is 0 Å². The predicted octanol–water partition coefficient (Wildman–Crippen LogP) is 2.46. The molecule has 2 aromatic carbocycles. The Labute approximate surface area is 132 Å². The number of fused-ring (bicyclic) bond motifs is 1. The van der Waals surface area contributed by atoms with E-state index >= 15 is 0 Å². The van der Waals surface area contributed by atoms with E-state index in [9.17, 15) is 14.0 Å². The fraction of sp³-hybridized carbons (Fsp3) is 0.111. The molecule has 0 saturated carbocycles. The zero-order valence-electron chi connectivity index (χ0n) is 12.3. The van der Waals surface area contributed by atoms with Crippen molar-refractivity contribution >= 4 is 16.7 Å². The van der Waals surface area contributed by atoms with Crippen LogP contribution in [0.2, 0.25) is 0 Å². The second-order valence-corrected chi connectivity index (χ2v) is 5.24. The van der Waals surface area contributed by atoms with Gasteiger partial charge in [-0.05, 0) is 35.2 Å². The predicted molar refractivity (Wildman–Crippen MR) is 86.5 cm³/mol. The van der Waals surface area contributed by atoms with Gasteiger partial charge in [0.25, 0.3) is 5.56 Å². The van der Waals surface area contributed by atoms with Crippen LogP contribution in [0.3, 0.4) is 0 Å². The van der Waals surface area contributed by atoms with Crippen LogP contribution in [0.4, 0.5) is 4.39 Å². The summed E-state index contributed by atoms with van der Waals surface area (Å²) < 4.78 is 14.2. The second kappa shape index (κ2) is 6.44. The zero-order valence-corrected chi connectivity index (χ0v) is 12.3. The zero-order chi connectivity index (χ0) is 16.2. The van der Waals surface area contributed by atoms with Crippen LogP contribution in [0, 0.1) is 5.82 Å². The van der Waals surface area contributed by atoms with Crippen molar-refractivity contribution in [1.29, 1.82) is 0 Å². The third-order valence-electron chi connectivity index (χ3n) is 3.60. The van der Waals surface area contributed by atoms with E-state index in [0.717, 1.165) is 10.9 Å². The number of nitrogens with zero attached hydrogens (tertiary/aromatic N) is 1. The van der Waals surface area contributed by atoms with Crippen molar-refractivity contribution < 1.29 is 9.18 Å². The van der Waals surface area contributed by atoms with Crippen molar-refractivity contribution in [3.8, 4) is 0 Å². The first-order valence-electron chi connectivity index (χ1n) is 7.23. The first-order chi connectivity index (χ1) is 11.1. The Kier molecular flexibility index (Phi) is 4.19. The van der Waals surface area contributed by atoms with Crippen molar-refractivity contribution in [2.45, 2.75) is 13.1 Å². The van der Waals surface area contributed by atoms with E-state index in [1.54, 1.807) is 30.5 Å². The van der Waals surface area contributed by atoms with Gasteiger partial charge < -0.3 is 9.88 Å². The summed E-state index contributed by atoms with van der Waals surface area (Å²) in [5.74, 6) is -0.588. The number of amides is 1. The molecule has 0 radical (unpaired) electrons. The molecule has 0 fully saturated rings. The van der Waals surface area contributed by atoms with Crippen LogP contribution in [0.1, 0.15) is 5.56 Å².